The molecule has 0 N–H and O–H groups in total. The second-order valence-corrected chi connectivity index (χ2v) is 11.3. The molecule has 0 aliphatic heterocycles. The Morgan fingerprint density at radius 3 is 1.07 bits per heavy atom. The molecule has 0 aromatic heterocycles. The second kappa shape index (κ2) is 9.59. The van der Waals surface area contributed by atoms with Gasteiger partial charge in [0.25, 0.3) is 0 Å². The smallest absolute Gasteiger partial charge is 0.00682 e. The molecule has 0 aliphatic carbocycles. The third-order valence-corrected chi connectivity index (χ3v) is 9.07. The van der Waals surface area contributed by atoms with E-state index in [9.17, 15) is 0 Å². The monoisotopic (exact) mass is 394 g/mol. The maximum atomic E-state index is 2.61. The predicted octanol–water partition coefficient (Wildman–Crippen LogP) is 7.46. The van der Waals surface area contributed by atoms with Crippen LogP contribution in [0.2, 0.25) is 0 Å². The molecule has 0 atom stereocenters. The van der Waals surface area contributed by atoms with Crippen molar-refractivity contribution in [2.24, 2.45) is 0 Å². The summed E-state index contributed by atoms with van der Waals surface area (Å²) in [6.45, 7) is -1.51. The summed E-state index contributed by atoms with van der Waals surface area (Å²) in [5, 5.41) is 0. The summed E-state index contributed by atoms with van der Waals surface area (Å²) in [5.41, 5.74) is 5.63. The van der Waals surface area contributed by atoms with Gasteiger partial charge in [0, 0.05) is 0 Å². The van der Waals surface area contributed by atoms with E-state index in [1.54, 1.807) is 0 Å². The van der Waals surface area contributed by atoms with Crippen LogP contribution in [0.15, 0.2) is 121 Å². The highest BCUT2D eigenvalue weighted by molar-refractivity contribution is 7.73. The van der Waals surface area contributed by atoms with E-state index in [0.717, 1.165) is 18.5 Å². The summed E-state index contributed by atoms with van der Waals surface area (Å²) < 4.78 is 0. The highest BCUT2D eigenvalue weighted by Crippen LogP contribution is 2.56. The van der Waals surface area contributed by atoms with Crippen molar-refractivity contribution < 1.29 is 0 Å². The number of hydrogen-bond donors (Lipinski definition) is 0. The van der Waals surface area contributed by atoms with E-state index >= 15 is 0 Å². The van der Waals surface area contributed by atoms with Crippen LogP contribution in [-0.4, -0.2) is 5.80 Å². The Balaban J connectivity index is 1.84. The van der Waals surface area contributed by atoms with Crippen LogP contribution >= 0.6 is 6.89 Å². The third-order valence-electron chi connectivity index (χ3n) is 5.24. The minimum Gasteiger partial charge on any atom is -0.0916 e. The summed E-state index contributed by atoms with van der Waals surface area (Å²) >= 11 is 0. The van der Waals surface area contributed by atoms with E-state index < -0.39 is 6.89 Å². The van der Waals surface area contributed by atoms with E-state index in [0.29, 0.717) is 0 Å². The van der Waals surface area contributed by atoms with Gasteiger partial charge in [0.1, 0.15) is 0 Å². The van der Waals surface area contributed by atoms with Gasteiger partial charge in [-0.2, -0.15) is 0 Å². The van der Waals surface area contributed by atoms with Crippen molar-refractivity contribution in [3.63, 3.8) is 0 Å². The van der Waals surface area contributed by atoms with Crippen molar-refractivity contribution in [1.29, 1.82) is 0 Å². The zero-order valence-electron chi connectivity index (χ0n) is 16.7. The zero-order valence-corrected chi connectivity index (χ0v) is 17.6. The topological polar surface area (TPSA) is 0 Å². The number of rotatable bonds is 7. The summed E-state index contributed by atoms with van der Waals surface area (Å²) in [4.78, 5) is 0. The maximum absolute atomic E-state index is 2.61. The van der Waals surface area contributed by atoms with Crippen LogP contribution in [0.25, 0.3) is 0 Å². The molecule has 144 valence electrons. The summed E-state index contributed by atoms with van der Waals surface area (Å²) in [6, 6.07) is 43.9. The molecule has 0 nitrogen and oxygen atoms in total. The molecule has 0 amide bonds. The van der Waals surface area contributed by atoms with E-state index in [1.807, 2.05) is 0 Å². The molecule has 4 aromatic carbocycles. The van der Waals surface area contributed by atoms with Gasteiger partial charge in [-0.15, -0.1) is 0 Å². The molecule has 1 heteroatoms. The van der Waals surface area contributed by atoms with Gasteiger partial charge in [0.15, 0.2) is 0 Å². The molecule has 0 aliphatic rings. The Kier molecular flexibility index (Phi) is 6.45. The molecule has 0 unspecified atom stereocenters. The molecule has 4 aromatic rings. The first-order valence-electron chi connectivity index (χ1n) is 10.2. The first kappa shape index (κ1) is 19.5. The maximum Gasteiger partial charge on any atom is -0.00682 e. The second-order valence-electron chi connectivity index (χ2n) is 7.69. The normalized spacial score (nSPS) is 11.2. The third kappa shape index (κ3) is 5.59. The standard InChI is InChI=1S/C28H27P/c1-5-13-25(14-6-1)21-29(22-26-15-7-2-8-16-26,23-27-17-9-3-10-18-27)24-28-19-11-4-12-20-28/h1-21H,22-24H2. The minimum atomic E-state index is -1.51. The van der Waals surface area contributed by atoms with Gasteiger partial charge in [0.05, 0.1) is 0 Å². The van der Waals surface area contributed by atoms with Crippen LogP contribution in [0.3, 0.4) is 0 Å². The minimum absolute atomic E-state index is 1.12. The molecule has 0 fully saturated rings. The first-order chi connectivity index (χ1) is 14.3. The van der Waals surface area contributed by atoms with Gasteiger partial charge in [-0.3, -0.25) is 0 Å². The van der Waals surface area contributed by atoms with E-state index in [2.05, 4.69) is 127 Å². The van der Waals surface area contributed by atoms with Gasteiger partial charge in [-0.1, -0.05) is 134 Å². The molecular weight excluding hydrogens is 367 g/mol. The van der Waals surface area contributed by atoms with E-state index in [1.165, 1.54) is 22.3 Å². The fourth-order valence-electron chi connectivity index (χ4n) is 4.00. The van der Waals surface area contributed by atoms with Crippen LogP contribution in [0.5, 0.6) is 0 Å². The van der Waals surface area contributed by atoms with Gasteiger partial charge in [-0.25, -0.2) is 0 Å². The lowest BCUT2D eigenvalue weighted by atomic mass is 10.2. The van der Waals surface area contributed by atoms with Crippen LogP contribution in [0.1, 0.15) is 22.3 Å². The van der Waals surface area contributed by atoms with Crippen molar-refractivity contribution in [3.8, 4) is 0 Å². The molecular formula is C28H27P. The highest BCUT2D eigenvalue weighted by Gasteiger charge is 2.20. The summed E-state index contributed by atoms with van der Waals surface area (Å²) in [7, 11) is 0. The molecule has 0 radical (unpaired) electrons. The lowest BCUT2D eigenvalue weighted by molar-refractivity contribution is 1.25. The van der Waals surface area contributed by atoms with Crippen molar-refractivity contribution in [2.75, 3.05) is 0 Å². The molecule has 0 heterocycles. The zero-order chi connectivity index (χ0) is 19.8. The highest BCUT2D eigenvalue weighted by atomic mass is 31.2. The molecule has 0 spiro atoms. The Hall–Kier alpha value is -2.82. The molecule has 4 rings (SSSR count). The Labute approximate surface area is 174 Å². The Morgan fingerprint density at radius 2 is 0.724 bits per heavy atom. The Morgan fingerprint density at radius 1 is 0.414 bits per heavy atom. The largest absolute Gasteiger partial charge is 0.0916 e. The van der Waals surface area contributed by atoms with E-state index in [4.69, 9.17) is 0 Å². The van der Waals surface area contributed by atoms with Crippen LogP contribution < -0.4 is 0 Å². The van der Waals surface area contributed by atoms with Crippen molar-refractivity contribution >= 4 is 12.7 Å². The quantitative estimate of drug-likeness (QED) is 0.285. The summed E-state index contributed by atoms with van der Waals surface area (Å²) in [5.74, 6) is 2.61. The van der Waals surface area contributed by atoms with Crippen molar-refractivity contribution in [2.45, 2.75) is 18.5 Å². The van der Waals surface area contributed by atoms with Crippen LogP contribution in [-0.2, 0) is 18.5 Å². The molecule has 0 saturated carbocycles. The predicted molar refractivity (Wildman–Crippen MR) is 129 cm³/mol. The Bertz CT molecular complexity index is 944. The molecule has 0 bridgehead atoms. The summed E-state index contributed by atoms with van der Waals surface area (Å²) in [6.07, 6.45) is 3.35. The number of benzene rings is 4. The van der Waals surface area contributed by atoms with Crippen LogP contribution in [0, 0.1) is 0 Å². The van der Waals surface area contributed by atoms with E-state index in [-0.39, 0.29) is 0 Å². The van der Waals surface area contributed by atoms with Gasteiger partial charge >= 0.3 is 0 Å². The van der Waals surface area contributed by atoms with Gasteiger partial charge in [-0.05, 0) is 40.7 Å². The van der Waals surface area contributed by atoms with Gasteiger partial charge in [0.2, 0.25) is 0 Å². The lowest BCUT2D eigenvalue weighted by Crippen LogP contribution is -2.02. The van der Waals surface area contributed by atoms with Crippen LogP contribution in [0.4, 0.5) is 0 Å². The first-order valence-corrected chi connectivity index (χ1v) is 12.6. The fourth-order valence-corrected chi connectivity index (χ4v) is 8.23. The molecule has 29 heavy (non-hydrogen) atoms. The van der Waals surface area contributed by atoms with Crippen molar-refractivity contribution in [3.05, 3.63) is 144 Å². The van der Waals surface area contributed by atoms with Crippen molar-refractivity contribution in [1.82, 2.24) is 0 Å². The number of hydrogen-bond acceptors (Lipinski definition) is 0. The average molecular weight is 394 g/mol. The lowest BCUT2D eigenvalue weighted by Gasteiger charge is -2.28. The average Bonchev–Trinajstić information content (AvgIpc) is 2.76. The molecule has 0 saturated heterocycles. The SMILES string of the molecule is C(c1ccccc1)=P(Cc1ccccc1)(Cc1ccccc1)Cc1ccccc1. The fraction of sp³-hybridized carbons (Fsp3) is 0.107. The van der Waals surface area contributed by atoms with Gasteiger partial charge < -0.3 is 0 Å².